The van der Waals surface area contributed by atoms with Gasteiger partial charge in [0.25, 0.3) is 0 Å². The first-order valence-electron chi connectivity index (χ1n) is 19.3. The van der Waals surface area contributed by atoms with Gasteiger partial charge in [-0.25, -0.2) is 22.8 Å². The number of carbonyl (C=O) groups excluding carboxylic acids is 2. The zero-order chi connectivity index (χ0) is 40.7. The van der Waals surface area contributed by atoms with Crippen molar-refractivity contribution < 1.29 is 51.6 Å². The molecular formula is C41H43F3N6O8. The van der Waals surface area contributed by atoms with Crippen molar-refractivity contribution in [1.82, 2.24) is 24.8 Å². The van der Waals surface area contributed by atoms with Crippen LogP contribution in [0.2, 0.25) is 0 Å². The lowest BCUT2D eigenvalue weighted by Gasteiger charge is -2.41. The summed E-state index contributed by atoms with van der Waals surface area (Å²) in [6.45, 7) is 3.35. The van der Waals surface area contributed by atoms with Crippen LogP contribution < -0.4 is 9.64 Å². The standard InChI is InChI=1S/C41H43F3N6O8/c1-4-29-32(43)9-6-24-14-28(51)15-30(34(24)29)36-35(44)37-31(17-45-36)38(47-39(46-37)56-22-41-10-5-11-49(41)18-25(42)16-41)48-19-26-7-8-27(20-48)50(26)40(53)58-23(2)57-33(52)21-55-13-12-54-3/h1,6,9,14-15,17,23,25-27,51H,5,7-8,10-13,16,18-22H2,2-3H3/t23?,25-,26?,27?,41+/m1/s1. The molecule has 2 aromatic carbocycles. The first kappa shape index (κ1) is 39.4. The normalized spacial score (nSPS) is 23.3. The molecule has 0 radical (unpaired) electrons. The Hall–Kier alpha value is -5.44. The SMILES string of the molecule is C#Cc1c(F)ccc2cc(O)cc(-c3ncc4c(N5CC6CCC(C5)N6C(=O)OC(C)OC(=O)COCCOC)nc(OC[C@@]56CCCN5C[C@H](F)C6)nc4c3F)c12. The van der Waals surface area contributed by atoms with Gasteiger partial charge >= 0.3 is 18.1 Å². The summed E-state index contributed by atoms with van der Waals surface area (Å²) in [5.74, 6) is 0.183. The molecule has 4 aliphatic rings. The maximum Gasteiger partial charge on any atom is 0.413 e. The molecule has 1 N–H and O–H groups in total. The van der Waals surface area contributed by atoms with Crippen LogP contribution in [0.1, 0.15) is 44.6 Å². The van der Waals surface area contributed by atoms with Crippen LogP contribution in [0.25, 0.3) is 32.9 Å². The second-order valence-corrected chi connectivity index (χ2v) is 15.2. The average Bonchev–Trinajstić information content (AvgIpc) is 3.82. The van der Waals surface area contributed by atoms with Gasteiger partial charge in [0, 0.05) is 57.2 Å². The van der Waals surface area contributed by atoms with Crippen molar-refractivity contribution in [3.05, 3.63) is 47.7 Å². The van der Waals surface area contributed by atoms with Gasteiger partial charge in [-0.3, -0.25) is 14.8 Å². The number of alkyl halides is 1. The number of fused-ring (bicyclic) bond motifs is 5. The summed E-state index contributed by atoms with van der Waals surface area (Å²) >= 11 is 0. The number of rotatable bonds is 12. The number of anilines is 1. The van der Waals surface area contributed by atoms with Crippen molar-refractivity contribution in [3.63, 3.8) is 0 Å². The lowest BCUT2D eigenvalue weighted by molar-refractivity contribution is -0.171. The Balaban J connectivity index is 1.11. The smallest absolute Gasteiger partial charge is 0.413 e. The first-order valence-corrected chi connectivity index (χ1v) is 19.3. The van der Waals surface area contributed by atoms with E-state index in [1.165, 1.54) is 44.5 Å². The molecule has 0 spiro atoms. The quantitative estimate of drug-likeness (QED) is 0.0877. The molecule has 4 aromatic rings. The number of carbonyl (C=O) groups is 2. The van der Waals surface area contributed by atoms with Crippen LogP contribution in [0.3, 0.4) is 0 Å². The van der Waals surface area contributed by atoms with Gasteiger partial charge in [0.2, 0.25) is 6.29 Å². The maximum absolute atomic E-state index is 17.1. The van der Waals surface area contributed by atoms with Crippen molar-refractivity contribution in [3.8, 4) is 35.4 Å². The van der Waals surface area contributed by atoms with Crippen molar-refractivity contribution in [2.24, 2.45) is 0 Å². The number of piperazine rings is 1. The fraction of sp³-hybridized carbons (Fsp3) is 0.488. The van der Waals surface area contributed by atoms with E-state index < -0.39 is 41.7 Å². The van der Waals surface area contributed by atoms with E-state index in [-0.39, 0.29) is 89.9 Å². The third-order valence-electron chi connectivity index (χ3n) is 11.5. The number of methoxy groups -OCH3 is 1. The molecule has 6 heterocycles. The second kappa shape index (κ2) is 16.1. The Morgan fingerprint density at radius 2 is 1.90 bits per heavy atom. The second-order valence-electron chi connectivity index (χ2n) is 15.2. The van der Waals surface area contributed by atoms with Crippen molar-refractivity contribution in [2.45, 2.75) is 69.1 Å². The number of phenolic OH excluding ortho intramolecular Hbond substituents is 1. The van der Waals surface area contributed by atoms with Crippen molar-refractivity contribution in [1.29, 1.82) is 0 Å². The van der Waals surface area contributed by atoms with E-state index in [4.69, 9.17) is 35.1 Å². The Labute approximate surface area is 332 Å². The number of hydrogen-bond acceptors (Lipinski definition) is 13. The number of aromatic hydroxyl groups is 1. The van der Waals surface area contributed by atoms with Crippen LogP contribution in [0, 0.1) is 24.0 Å². The van der Waals surface area contributed by atoms with E-state index in [2.05, 4.69) is 20.8 Å². The van der Waals surface area contributed by atoms with Gasteiger partial charge < -0.3 is 33.7 Å². The molecule has 306 valence electrons. The van der Waals surface area contributed by atoms with E-state index in [9.17, 15) is 23.5 Å². The van der Waals surface area contributed by atoms with Crippen LogP contribution in [0.5, 0.6) is 11.8 Å². The topological polar surface area (TPSA) is 149 Å². The molecule has 0 aliphatic carbocycles. The molecule has 58 heavy (non-hydrogen) atoms. The van der Waals surface area contributed by atoms with Crippen LogP contribution in [0.15, 0.2) is 30.5 Å². The minimum Gasteiger partial charge on any atom is -0.508 e. The number of hydrogen-bond donors (Lipinski definition) is 1. The summed E-state index contributed by atoms with van der Waals surface area (Å²) in [5, 5.41) is 11.5. The number of ether oxygens (including phenoxy) is 5. The molecule has 14 nitrogen and oxygen atoms in total. The summed E-state index contributed by atoms with van der Waals surface area (Å²) < 4.78 is 73.8. The zero-order valence-electron chi connectivity index (χ0n) is 32.1. The Kier molecular flexibility index (Phi) is 10.9. The van der Waals surface area contributed by atoms with Crippen LogP contribution in [-0.2, 0) is 23.7 Å². The van der Waals surface area contributed by atoms with Crippen molar-refractivity contribution in [2.75, 3.05) is 64.6 Å². The minimum absolute atomic E-state index is 0.0635. The highest BCUT2D eigenvalue weighted by atomic mass is 19.1. The lowest BCUT2D eigenvalue weighted by Crippen LogP contribution is -2.56. The Morgan fingerprint density at radius 3 is 2.66 bits per heavy atom. The monoisotopic (exact) mass is 804 g/mol. The number of esters is 1. The van der Waals surface area contributed by atoms with Crippen LogP contribution in [-0.4, -0.2) is 132 Å². The highest BCUT2D eigenvalue weighted by Gasteiger charge is 2.50. The predicted octanol–water partition coefficient (Wildman–Crippen LogP) is 5.11. The number of phenols is 1. The molecule has 1 amide bonds. The highest BCUT2D eigenvalue weighted by Crippen LogP contribution is 2.42. The summed E-state index contributed by atoms with van der Waals surface area (Å²) in [7, 11) is 1.51. The van der Waals surface area contributed by atoms with Gasteiger partial charge in [0.15, 0.2) is 5.82 Å². The molecule has 3 unspecified atom stereocenters. The van der Waals surface area contributed by atoms with Crippen molar-refractivity contribution >= 4 is 39.6 Å². The van der Waals surface area contributed by atoms with Gasteiger partial charge in [0.05, 0.1) is 41.8 Å². The summed E-state index contributed by atoms with van der Waals surface area (Å²) in [5.41, 5.74) is -0.966. The molecule has 2 bridgehead atoms. The summed E-state index contributed by atoms with van der Waals surface area (Å²) in [6.07, 6.45) is 7.52. The number of aromatic nitrogens is 3. The summed E-state index contributed by atoms with van der Waals surface area (Å²) in [4.78, 5) is 45.1. The fourth-order valence-electron chi connectivity index (χ4n) is 9.03. The largest absolute Gasteiger partial charge is 0.508 e. The molecule has 4 saturated heterocycles. The molecule has 2 aromatic heterocycles. The molecular weight excluding hydrogens is 761 g/mol. The molecule has 8 rings (SSSR count). The number of nitrogens with zero attached hydrogens (tertiary/aromatic N) is 6. The number of pyridine rings is 1. The van der Waals surface area contributed by atoms with Crippen LogP contribution in [0.4, 0.5) is 23.8 Å². The minimum atomic E-state index is -1.17. The molecule has 5 atom stereocenters. The van der Waals surface area contributed by atoms with E-state index in [1.54, 1.807) is 4.90 Å². The van der Waals surface area contributed by atoms with E-state index in [1.807, 2.05) is 4.90 Å². The number of terminal acetylenes is 1. The van der Waals surface area contributed by atoms with Gasteiger partial charge in [-0.2, -0.15) is 9.97 Å². The van der Waals surface area contributed by atoms with Gasteiger partial charge in [-0.1, -0.05) is 12.0 Å². The molecule has 17 heteroatoms. The number of amides is 1. The Morgan fingerprint density at radius 1 is 1.10 bits per heavy atom. The Bertz CT molecular complexity index is 2280. The average molecular weight is 805 g/mol. The number of halogens is 3. The van der Waals surface area contributed by atoms with E-state index in [0.717, 1.165) is 19.4 Å². The maximum atomic E-state index is 17.1. The van der Waals surface area contributed by atoms with Gasteiger partial charge in [0.1, 0.15) is 48.0 Å². The van der Waals surface area contributed by atoms with E-state index >= 15 is 4.39 Å². The molecule has 4 fully saturated rings. The highest BCUT2D eigenvalue weighted by molar-refractivity contribution is 6.03. The lowest BCUT2D eigenvalue weighted by atomic mass is 9.95. The van der Waals surface area contributed by atoms with Crippen LogP contribution >= 0.6 is 0 Å². The molecule has 4 aliphatic heterocycles. The van der Waals surface area contributed by atoms with Gasteiger partial charge in [-0.05, 0) is 55.8 Å². The first-order chi connectivity index (χ1) is 28.0. The summed E-state index contributed by atoms with van der Waals surface area (Å²) in [6, 6.07) is 4.50. The number of benzene rings is 2. The predicted molar refractivity (Wildman–Crippen MR) is 204 cm³/mol. The van der Waals surface area contributed by atoms with Gasteiger partial charge in [-0.15, -0.1) is 6.42 Å². The third kappa shape index (κ3) is 7.40. The zero-order valence-corrected chi connectivity index (χ0v) is 32.1. The third-order valence-corrected chi connectivity index (χ3v) is 11.5. The molecule has 0 saturated carbocycles. The van der Waals surface area contributed by atoms with E-state index in [0.29, 0.717) is 43.6 Å². The fourth-order valence-corrected chi connectivity index (χ4v) is 9.03.